The molecule has 0 unspecified atom stereocenters. The molecule has 1 rings (SSSR count). The highest BCUT2D eigenvalue weighted by molar-refractivity contribution is 7.86. The summed E-state index contributed by atoms with van der Waals surface area (Å²) in [5.41, 5.74) is 0. The van der Waals surface area contributed by atoms with Gasteiger partial charge in [0.05, 0.1) is 12.4 Å². The fraction of sp³-hybridized carbons (Fsp3) is 1.00. The molecule has 1 aliphatic heterocycles. The number of hydrogen-bond donors (Lipinski definition) is 0. The SMILES string of the molecule is O=S1(=O)CCCCCCCCCCCO1. The van der Waals surface area contributed by atoms with E-state index in [2.05, 4.69) is 0 Å². The monoisotopic (exact) mass is 234 g/mol. The fourth-order valence-corrected chi connectivity index (χ4v) is 2.91. The number of rotatable bonds is 0. The summed E-state index contributed by atoms with van der Waals surface area (Å²) in [6, 6.07) is 0. The molecule has 0 bridgehead atoms. The highest BCUT2D eigenvalue weighted by atomic mass is 32.2. The number of hydrogen-bond acceptors (Lipinski definition) is 3. The van der Waals surface area contributed by atoms with Gasteiger partial charge in [0.15, 0.2) is 0 Å². The van der Waals surface area contributed by atoms with Crippen LogP contribution in [0.15, 0.2) is 0 Å². The van der Waals surface area contributed by atoms with Crippen molar-refractivity contribution in [2.24, 2.45) is 0 Å². The molecule has 0 radical (unpaired) electrons. The molecule has 1 saturated heterocycles. The van der Waals surface area contributed by atoms with E-state index in [1.807, 2.05) is 0 Å². The highest BCUT2D eigenvalue weighted by Crippen LogP contribution is 2.12. The van der Waals surface area contributed by atoms with E-state index in [0.29, 0.717) is 6.61 Å². The molecule has 15 heavy (non-hydrogen) atoms. The molecule has 0 aliphatic carbocycles. The van der Waals surface area contributed by atoms with E-state index < -0.39 is 10.1 Å². The quantitative estimate of drug-likeness (QED) is 0.605. The smallest absolute Gasteiger partial charge is 0.267 e. The van der Waals surface area contributed by atoms with Gasteiger partial charge >= 0.3 is 0 Å². The van der Waals surface area contributed by atoms with E-state index in [9.17, 15) is 8.42 Å². The van der Waals surface area contributed by atoms with Crippen LogP contribution < -0.4 is 0 Å². The maximum Gasteiger partial charge on any atom is 0.267 e. The molecular formula is C11H22O3S. The molecule has 1 fully saturated rings. The normalized spacial score (nSPS) is 25.9. The lowest BCUT2D eigenvalue weighted by atomic mass is 10.1. The second-order valence-corrected chi connectivity index (χ2v) is 6.03. The summed E-state index contributed by atoms with van der Waals surface area (Å²) in [5.74, 6) is 0.201. The Morgan fingerprint density at radius 2 is 1.13 bits per heavy atom. The van der Waals surface area contributed by atoms with Gasteiger partial charge < -0.3 is 0 Å². The summed E-state index contributed by atoms with van der Waals surface area (Å²) < 4.78 is 27.6. The molecule has 0 atom stereocenters. The van der Waals surface area contributed by atoms with Crippen LogP contribution in [0.5, 0.6) is 0 Å². The summed E-state index contributed by atoms with van der Waals surface area (Å²) in [4.78, 5) is 0. The second-order valence-electron chi connectivity index (χ2n) is 4.27. The predicted octanol–water partition coefficient (Wildman–Crippen LogP) is 2.86. The van der Waals surface area contributed by atoms with Crippen LogP contribution in [-0.4, -0.2) is 20.8 Å². The standard InChI is InChI=1S/C11H22O3S/c12-15(13)11-9-7-5-3-1-2-4-6-8-10-14-15/h1-11H2. The Morgan fingerprint density at radius 3 is 1.73 bits per heavy atom. The van der Waals surface area contributed by atoms with E-state index >= 15 is 0 Å². The Labute approximate surface area is 93.3 Å². The predicted molar refractivity (Wildman–Crippen MR) is 61.3 cm³/mol. The fourth-order valence-electron chi connectivity index (χ4n) is 1.86. The molecule has 0 aromatic heterocycles. The maximum absolute atomic E-state index is 11.4. The van der Waals surface area contributed by atoms with Gasteiger partial charge in [0.2, 0.25) is 0 Å². The maximum atomic E-state index is 11.4. The minimum absolute atomic E-state index is 0.201. The zero-order valence-electron chi connectivity index (χ0n) is 9.41. The largest absolute Gasteiger partial charge is 0.270 e. The van der Waals surface area contributed by atoms with Crippen molar-refractivity contribution in [2.45, 2.75) is 57.8 Å². The molecule has 1 heterocycles. The molecule has 0 amide bonds. The molecule has 0 aromatic carbocycles. The van der Waals surface area contributed by atoms with E-state index in [1.54, 1.807) is 0 Å². The summed E-state index contributed by atoms with van der Waals surface area (Å²) >= 11 is 0. The van der Waals surface area contributed by atoms with Crippen molar-refractivity contribution in [1.29, 1.82) is 0 Å². The Bertz CT molecular complexity index is 227. The van der Waals surface area contributed by atoms with Crippen molar-refractivity contribution in [3.8, 4) is 0 Å². The van der Waals surface area contributed by atoms with Gasteiger partial charge in [-0.15, -0.1) is 0 Å². The summed E-state index contributed by atoms with van der Waals surface area (Å²) in [6.45, 7) is 0.377. The topological polar surface area (TPSA) is 43.4 Å². The first-order valence-corrected chi connectivity index (χ1v) is 7.65. The molecule has 3 nitrogen and oxygen atoms in total. The Morgan fingerprint density at radius 1 is 0.667 bits per heavy atom. The van der Waals surface area contributed by atoms with Crippen molar-refractivity contribution < 1.29 is 12.6 Å². The van der Waals surface area contributed by atoms with Gasteiger partial charge in [-0.2, -0.15) is 8.42 Å². The lowest BCUT2D eigenvalue weighted by Crippen LogP contribution is -2.11. The van der Waals surface area contributed by atoms with Crippen molar-refractivity contribution in [2.75, 3.05) is 12.4 Å². The molecule has 1 aliphatic rings. The van der Waals surface area contributed by atoms with Crippen molar-refractivity contribution in [3.05, 3.63) is 0 Å². The van der Waals surface area contributed by atoms with Gasteiger partial charge in [-0.1, -0.05) is 44.9 Å². The van der Waals surface area contributed by atoms with E-state index in [4.69, 9.17) is 4.18 Å². The molecular weight excluding hydrogens is 212 g/mol. The first kappa shape index (κ1) is 13.0. The zero-order valence-corrected chi connectivity index (χ0v) is 10.2. The minimum atomic E-state index is -3.22. The third-order valence-electron chi connectivity index (χ3n) is 2.80. The van der Waals surface area contributed by atoms with E-state index in [1.165, 1.54) is 25.7 Å². The lowest BCUT2D eigenvalue weighted by Gasteiger charge is -2.04. The molecule has 90 valence electrons. The molecule has 0 spiro atoms. The van der Waals surface area contributed by atoms with Gasteiger partial charge in [-0.05, 0) is 12.8 Å². The Balaban J connectivity index is 2.31. The van der Waals surface area contributed by atoms with Crippen LogP contribution >= 0.6 is 0 Å². The Hall–Kier alpha value is -0.0900. The average molecular weight is 234 g/mol. The van der Waals surface area contributed by atoms with Crippen LogP contribution in [0.3, 0.4) is 0 Å². The van der Waals surface area contributed by atoms with Gasteiger partial charge in [-0.3, -0.25) is 4.18 Å². The van der Waals surface area contributed by atoms with Crippen LogP contribution in [-0.2, 0) is 14.3 Å². The summed E-state index contributed by atoms with van der Waals surface area (Å²) in [6.07, 6.45) is 9.94. The average Bonchev–Trinajstić information content (AvgIpc) is 2.20. The van der Waals surface area contributed by atoms with Crippen LogP contribution in [0.4, 0.5) is 0 Å². The van der Waals surface area contributed by atoms with Crippen LogP contribution in [0.1, 0.15) is 57.8 Å². The van der Waals surface area contributed by atoms with Crippen molar-refractivity contribution in [3.63, 3.8) is 0 Å². The molecule has 0 saturated carbocycles. The Kier molecular flexibility index (Phi) is 6.25. The first-order valence-electron chi connectivity index (χ1n) is 6.08. The molecule has 0 N–H and O–H groups in total. The molecule has 4 heteroatoms. The third-order valence-corrected chi connectivity index (χ3v) is 4.12. The highest BCUT2D eigenvalue weighted by Gasteiger charge is 2.10. The second kappa shape index (κ2) is 7.23. The summed E-state index contributed by atoms with van der Waals surface area (Å²) in [7, 11) is -3.22. The minimum Gasteiger partial charge on any atom is -0.270 e. The van der Waals surface area contributed by atoms with Crippen LogP contribution in [0.25, 0.3) is 0 Å². The van der Waals surface area contributed by atoms with Gasteiger partial charge in [0.1, 0.15) is 0 Å². The lowest BCUT2D eigenvalue weighted by molar-refractivity contribution is 0.306. The van der Waals surface area contributed by atoms with E-state index in [-0.39, 0.29) is 5.75 Å². The van der Waals surface area contributed by atoms with Gasteiger partial charge in [0.25, 0.3) is 10.1 Å². The summed E-state index contributed by atoms with van der Waals surface area (Å²) in [5, 5.41) is 0. The van der Waals surface area contributed by atoms with Crippen LogP contribution in [0, 0.1) is 0 Å². The van der Waals surface area contributed by atoms with Crippen molar-refractivity contribution >= 4 is 10.1 Å². The first-order chi connectivity index (χ1) is 7.21. The zero-order chi connectivity index (χ0) is 11.0. The van der Waals surface area contributed by atoms with Gasteiger partial charge in [-0.25, -0.2) is 0 Å². The van der Waals surface area contributed by atoms with Gasteiger partial charge in [0, 0.05) is 0 Å². The van der Waals surface area contributed by atoms with E-state index in [0.717, 1.165) is 32.1 Å². The molecule has 0 aromatic rings. The van der Waals surface area contributed by atoms with Crippen molar-refractivity contribution in [1.82, 2.24) is 0 Å². The third kappa shape index (κ3) is 6.90. The van der Waals surface area contributed by atoms with Crippen LogP contribution in [0.2, 0.25) is 0 Å².